The normalized spacial score (nSPS) is 10.1. The smallest absolute Gasteiger partial charge is 0.337 e. The van der Waals surface area contributed by atoms with Gasteiger partial charge in [-0.2, -0.15) is 0 Å². The molecule has 24 heavy (non-hydrogen) atoms. The van der Waals surface area contributed by atoms with Gasteiger partial charge in [0.1, 0.15) is 0 Å². The first-order chi connectivity index (χ1) is 11.7. The van der Waals surface area contributed by atoms with Crippen molar-refractivity contribution in [3.8, 4) is 0 Å². The molecule has 0 atom stereocenters. The van der Waals surface area contributed by atoms with Crippen LogP contribution in [0.25, 0.3) is 0 Å². The summed E-state index contributed by atoms with van der Waals surface area (Å²) < 4.78 is 0. The van der Waals surface area contributed by atoms with Crippen LogP contribution in [0.1, 0.15) is 94.3 Å². The van der Waals surface area contributed by atoms with Gasteiger partial charge in [-0.05, 0) is 18.6 Å². The number of carbonyl (C=O) groups is 1. The molecule has 0 aromatic carbocycles. The molecule has 0 fully saturated rings. The molecular weight excluding hydrogens is 302 g/mol. The third kappa shape index (κ3) is 15.5. The number of aliphatic hydroxyl groups excluding tert-OH is 1. The van der Waals surface area contributed by atoms with Gasteiger partial charge in [0.2, 0.25) is 0 Å². The predicted molar refractivity (Wildman–Crippen MR) is 99.4 cm³/mol. The van der Waals surface area contributed by atoms with Gasteiger partial charge in [-0.1, -0.05) is 77.6 Å². The molecule has 0 aliphatic heterocycles. The number of unbranched alkanes of at least 4 members (excludes halogenated alkanes) is 11. The number of carboxylic acid groups (broad SMARTS) is 1. The van der Waals surface area contributed by atoms with Crippen LogP contribution >= 0.6 is 0 Å². The number of hydrogen-bond acceptors (Lipinski definition) is 3. The van der Waals surface area contributed by atoms with E-state index in [4.69, 9.17) is 10.2 Å². The molecule has 0 saturated carbocycles. The largest absolute Gasteiger partial charge is 0.478 e. The lowest BCUT2D eigenvalue weighted by Crippen LogP contribution is -1.94. The summed E-state index contributed by atoms with van der Waals surface area (Å²) in [5.41, 5.74) is 0.220. The number of aliphatic hydroxyl groups is 1. The van der Waals surface area contributed by atoms with Gasteiger partial charge in [-0.15, -0.1) is 0 Å². The Labute approximate surface area is 147 Å². The molecule has 0 spiro atoms. The average molecular weight is 338 g/mol. The highest BCUT2D eigenvalue weighted by atomic mass is 16.4. The fraction of sp³-hybridized carbons (Fsp3) is 0.700. The van der Waals surface area contributed by atoms with Gasteiger partial charge < -0.3 is 10.2 Å². The maximum atomic E-state index is 10.2. The number of rotatable bonds is 13. The van der Waals surface area contributed by atoms with Gasteiger partial charge in [0, 0.05) is 19.0 Å². The summed E-state index contributed by atoms with van der Waals surface area (Å²) >= 11 is 0. The Morgan fingerprint density at radius 1 is 0.917 bits per heavy atom. The number of aromatic carboxylic acids is 1. The minimum Gasteiger partial charge on any atom is -0.478 e. The van der Waals surface area contributed by atoms with E-state index in [0.717, 1.165) is 6.42 Å². The SMILES string of the molecule is CCCCCCCCCCCCCCO.O=C(O)c1cccnc1. The van der Waals surface area contributed by atoms with Gasteiger partial charge in [0.15, 0.2) is 0 Å². The molecule has 0 saturated heterocycles. The summed E-state index contributed by atoms with van der Waals surface area (Å²) in [5.74, 6) is -0.942. The third-order valence-corrected chi connectivity index (χ3v) is 3.92. The highest BCUT2D eigenvalue weighted by Gasteiger charge is 1.97. The van der Waals surface area contributed by atoms with Crippen molar-refractivity contribution < 1.29 is 15.0 Å². The second-order valence-electron chi connectivity index (χ2n) is 6.16. The quantitative estimate of drug-likeness (QED) is 0.469. The van der Waals surface area contributed by atoms with Crippen LogP contribution in [0.2, 0.25) is 0 Å². The van der Waals surface area contributed by atoms with E-state index in [0.29, 0.717) is 6.61 Å². The summed E-state index contributed by atoms with van der Waals surface area (Å²) in [4.78, 5) is 13.8. The highest BCUT2D eigenvalue weighted by molar-refractivity contribution is 5.86. The van der Waals surface area contributed by atoms with Crippen LogP contribution in [0.3, 0.4) is 0 Å². The lowest BCUT2D eigenvalue weighted by Gasteiger charge is -2.01. The maximum absolute atomic E-state index is 10.2. The van der Waals surface area contributed by atoms with Gasteiger partial charge in [-0.3, -0.25) is 4.98 Å². The topological polar surface area (TPSA) is 70.4 Å². The summed E-state index contributed by atoms with van der Waals surface area (Å²) in [6, 6.07) is 3.08. The van der Waals surface area contributed by atoms with Crippen LogP contribution in [-0.4, -0.2) is 27.8 Å². The molecule has 4 nitrogen and oxygen atoms in total. The zero-order valence-corrected chi connectivity index (χ0v) is 15.3. The molecular formula is C20H35NO3. The molecule has 1 heterocycles. The van der Waals surface area contributed by atoms with Crippen molar-refractivity contribution >= 4 is 5.97 Å². The first-order valence-corrected chi connectivity index (χ1v) is 9.46. The first-order valence-electron chi connectivity index (χ1n) is 9.46. The van der Waals surface area contributed by atoms with Crippen molar-refractivity contribution in [3.63, 3.8) is 0 Å². The van der Waals surface area contributed by atoms with Crippen LogP contribution < -0.4 is 0 Å². The van der Waals surface area contributed by atoms with Gasteiger partial charge >= 0.3 is 5.97 Å². The number of aromatic nitrogens is 1. The summed E-state index contributed by atoms with van der Waals surface area (Å²) in [5, 5.41) is 17.0. The fourth-order valence-electron chi connectivity index (χ4n) is 2.44. The third-order valence-electron chi connectivity index (χ3n) is 3.92. The van der Waals surface area contributed by atoms with E-state index < -0.39 is 5.97 Å². The molecule has 0 aliphatic rings. The minimum atomic E-state index is -0.942. The molecule has 1 aromatic heterocycles. The Bertz CT molecular complexity index is 370. The Kier molecular flexibility index (Phi) is 16.9. The zero-order valence-electron chi connectivity index (χ0n) is 15.3. The van der Waals surface area contributed by atoms with Gasteiger partial charge in [-0.25, -0.2) is 4.79 Å². The van der Waals surface area contributed by atoms with E-state index in [2.05, 4.69) is 11.9 Å². The van der Waals surface area contributed by atoms with E-state index in [1.807, 2.05) is 0 Å². The number of carboxylic acids is 1. The number of hydrogen-bond donors (Lipinski definition) is 2. The van der Waals surface area contributed by atoms with Gasteiger partial charge in [0.05, 0.1) is 5.56 Å². The Hall–Kier alpha value is -1.42. The van der Waals surface area contributed by atoms with E-state index in [1.165, 1.54) is 89.1 Å². The van der Waals surface area contributed by atoms with Crippen molar-refractivity contribution in [3.05, 3.63) is 30.1 Å². The molecule has 0 amide bonds. The molecule has 2 N–H and O–H groups in total. The second-order valence-corrected chi connectivity index (χ2v) is 6.16. The number of nitrogens with zero attached hydrogens (tertiary/aromatic N) is 1. The highest BCUT2D eigenvalue weighted by Crippen LogP contribution is 2.11. The lowest BCUT2D eigenvalue weighted by atomic mass is 10.1. The van der Waals surface area contributed by atoms with Crippen molar-refractivity contribution in [2.24, 2.45) is 0 Å². The second kappa shape index (κ2) is 17.9. The summed E-state index contributed by atoms with van der Waals surface area (Å²) in [7, 11) is 0. The van der Waals surface area contributed by atoms with Crippen molar-refractivity contribution in [2.75, 3.05) is 6.61 Å². The lowest BCUT2D eigenvalue weighted by molar-refractivity contribution is 0.0696. The predicted octanol–water partition coefficient (Wildman–Crippen LogP) is 5.46. The Morgan fingerprint density at radius 3 is 1.75 bits per heavy atom. The monoisotopic (exact) mass is 337 g/mol. The zero-order chi connectivity index (χ0) is 17.9. The molecule has 4 heteroatoms. The summed E-state index contributed by atoms with van der Waals surface area (Å²) in [6.07, 6.45) is 19.1. The Morgan fingerprint density at radius 2 is 1.42 bits per heavy atom. The van der Waals surface area contributed by atoms with E-state index in [9.17, 15) is 4.79 Å². The molecule has 138 valence electrons. The molecule has 0 aliphatic carbocycles. The van der Waals surface area contributed by atoms with Crippen LogP contribution in [-0.2, 0) is 0 Å². The van der Waals surface area contributed by atoms with Crippen LogP contribution in [0, 0.1) is 0 Å². The molecule has 1 rings (SSSR count). The van der Waals surface area contributed by atoms with Crippen molar-refractivity contribution in [1.82, 2.24) is 4.98 Å². The first kappa shape index (κ1) is 22.6. The van der Waals surface area contributed by atoms with E-state index in [1.54, 1.807) is 6.07 Å². The van der Waals surface area contributed by atoms with Gasteiger partial charge in [0.25, 0.3) is 0 Å². The molecule has 0 radical (unpaired) electrons. The molecule has 0 bridgehead atoms. The van der Waals surface area contributed by atoms with Crippen LogP contribution in [0.15, 0.2) is 24.5 Å². The van der Waals surface area contributed by atoms with Crippen LogP contribution in [0.4, 0.5) is 0 Å². The standard InChI is InChI=1S/C14H30O.C6H5NO2/c1-2-3-4-5-6-7-8-9-10-11-12-13-14-15;8-6(9)5-2-1-3-7-4-5/h15H,2-14H2,1H3;1-4H,(H,8,9). The van der Waals surface area contributed by atoms with E-state index in [-0.39, 0.29) is 5.56 Å². The van der Waals surface area contributed by atoms with Crippen LogP contribution in [0.5, 0.6) is 0 Å². The van der Waals surface area contributed by atoms with E-state index >= 15 is 0 Å². The van der Waals surface area contributed by atoms with Crippen molar-refractivity contribution in [1.29, 1.82) is 0 Å². The molecule has 1 aromatic rings. The maximum Gasteiger partial charge on any atom is 0.337 e. The minimum absolute atomic E-state index is 0.220. The van der Waals surface area contributed by atoms with Crippen molar-refractivity contribution in [2.45, 2.75) is 84.0 Å². The Balaban J connectivity index is 0.000000496. The summed E-state index contributed by atoms with van der Waals surface area (Å²) in [6.45, 7) is 2.64. The average Bonchev–Trinajstić information content (AvgIpc) is 2.61. The molecule has 0 unspecified atom stereocenters. The number of pyridine rings is 1. The fourth-order valence-corrected chi connectivity index (χ4v) is 2.44.